The Labute approximate surface area is 92.5 Å². The van der Waals surface area contributed by atoms with Crippen molar-refractivity contribution >= 4 is 18.3 Å². The molecular formula is C12H19NS. The molecular weight excluding hydrogens is 190 g/mol. The fourth-order valence-electron chi connectivity index (χ4n) is 1.63. The lowest BCUT2D eigenvalue weighted by molar-refractivity contribution is 0.968. The Bertz CT molecular complexity index is 320. The number of benzene rings is 1. The van der Waals surface area contributed by atoms with Crippen LogP contribution in [-0.4, -0.2) is 19.3 Å². The van der Waals surface area contributed by atoms with Crippen LogP contribution in [0, 0.1) is 20.8 Å². The number of aryl methyl sites for hydroxylation is 1. The highest BCUT2D eigenvalue weighted by atomic mass is 32.1. The van der Waals surface area contributed by atoms with Crippen molar-refractivity contribution in [1.82, 2.24) is 0 Å². The normalized spacial score (nSPS) is 10.4. The van der Waals surface area contributed by atoms with Gasteiger partial charge in [-0.1, -0.05) is 6.07 Å². The monoisotopic (exact) mass is 209 g/mol. The average Bonchev–Trinajstić information content (AvgIpc) is 2.15. The fourth-order valence-corrected chi connectivity index (χ4v) is 1.93. The van der Waals surface area contributed by atoms with Gasteiger partial charge in [0.15, 0.2) is 0 Å². The molecule has 0 aliphatic rings. The number of thiol groups is 1. The van der Waals surface area contributed by atoms with Crippen LogP contribution in [0.15, 0.2) is 12.1 Å². The summed E-state index contributed by atoms with van der Waals surface area (Å²) >= 11 is 4.25. The molecule has 0 fully saturated rings. The lowest BCUT2D eigenvalue weighted by Crippen LogP contribution is -2.20. The van der Waals surface area contributed by atoms with E-state index in [2.05, 4.69) is 57.5 Å². The smallest absolute Gasteiger partial charge is 0.0396 e. The summed E-state index contributed by atoms with van der Waals surface area (Å²) in [5.74, 6) is 0.892. The van der Waals surface area contributed by atoms with Gasteiger partial charge in [0.1, 0.15) is 0 Å². The van der Waals surface area contributed by atoms with E-state index in [0.29, 0.717) is 0 Å². The maximum atomic E-state index is 4.25. The van der Waals surface area contributed by atoms with Crippen LogP contribution in [0.1, 0.15) is 16.7 Å². The highest BCUT2D eigenvalue weighted by molar-refractivity contribution is 7.80. The van der Waals surface area contributed by atoms with E-state index in [1.165, 1.54) is 22.4 Å². The Balaban J connectivity index is 3.04. The van der Waals surface area contributed by atoms with Crippen molar-refractivity contribution in [3.8, 4) is 0 Å². The van der Waals surface area contributed by atoms with Crippen LogP contribution in [-0.2, 0) is 0 Å². The van der Waals surface area contributed by atoms with Crippen LogP contribution >= 0.6 is 12.6 Å². The third-order valence-corrected chi connectivity index (χ3v) is 3.08. The van der Waals surface area contributed by atoms with Crippen LogP contribution in [0.3, 0.4) is 0 Å². The molecule has 0 aromatic heterocycles. The van der Waals surface area contributed by atoms with Crippen LogP contribution < -0.4 is 4.90 Å². The highest BCUT2D eigenvalue weighted by Gasteiger charge is 2.06. The minimum Gasteiger partial charge on any atom is -0.374 e. The van der Waals surface area contributed by atoms with Gasteiger partial charge in [-0.05, 0) is 43.5 Å². The third kappa shape index (κ3) is 2.24. The van der Waals surface area contributed by atoms with Crippen LogP contribution in [0.5, 0.6) is 0 Å². The lowest BCUT2D eigenvalue weighted by atomic mass is 10.0. The van der Waals surface area contributed by atoms with Gasteiger partial charge in [0, 0.05) is 25.0 Å². The standard InChI is InChI=1S/C12H19NS/c1-9-5-6-12(11(3)10(9)2)13(4)7-8-14/h5-6,14H,7-8H2,1-4H3. The molecule has 1 aromatic carbocycles. The van der Waals surface area contributed by atoms with Crippen molar-refractivity contribution in [3.05, 3.63) is 28.8 Å². The third-order valence-electron chi connectivity index (χ3n) is 2.88. The first-order valence-electron chi connectivity index (χ1n) is 4.96. The average molecular weight is 209 g/mol. The number of rotatable bonds is 3. The van der Waals surface area contributed by atoms with Gasteiger partial charge in [-0.2, -0.15) is 12.6 Å². The molecule has 1 nitrogen and oxygen atoms in total. The van der Waals surface area contributed by atoms with Crippen molar-refractivity contribution in [3.63, 3.8) is 0 Å². The molecule has 1 aromatic rings. The number of nitrogens with zero attached hydrogens (tertiary/aromatic N) is 1. The van der Waals surface area contributed by atoms with E-state index >= 15 is 0 Å². The largest absolute Gasteiger partial charge is 0.374 e. The predicted octanol–water partition coefficient (Wildman–Crippen LogP) is 2.98. The molecule has 0 N–H and O–H groups in total. The molecule has 2 heteroatoms. The Kier molecular flexibility index (Phi) is 3.87. The molecule has 0 atom stereocenters. The number of hydrogen-bond acceptors (Lipinski definition) is 2. The molecule has 0 bridgehead atoms. The zero-order valence-corrected chi connectivity index (χ0v) is 10.4. The van der Waals surface area contributed by atoms with Crippen molar-refractivity contribution in [1.29, 1.82) is 0 Å². The summed E-state index contributed by atoms with van der Waals surface area (Å²) in [7, 11) is 2.12. The fraction of sp³-hybridized carbons (Fsp3) is 0.500. The van der Waals surface area contributed by atoms with Gasteiger partial charge < -0.3 is 4.90 Å². The van der Waals surface area contributed by atoms with Gasteiger partial charge in [0.2, 0.25) is 0 Å². The minimum absolute atomic E-state index is 0.892. The molecule has 0 aliphatic heterocycles. The molecule has 0 aliphatic carbocycles. The molecule has 0 spiro atoms. The first kappa shape index (κ1) is 11.4. The predicted molar refractivity (Wildman–Crippen MR) is 67.8 cm³/mol. The van der Waals surface area contributed by atoms with Crippen LogP contribution in [0.25, 0.3) is 0 Å². The molecule has 0 unspecified atom stereocenters. The topological polar surface area (TPSA) is 3.24 Å². The lowest BCUT2D eigenvalue weighted by Gasteiger charge is -2.22. The summed E-state index contributed by atoms with van der Waals surface area (Å²) in [6, 6.07) is 4.38. The van der Waals surface area contributed by atoms with Crippen molar-refractivity contribution < 1.29 is 0 Å². The molecule has 0 amide bonds. The summed E-state index contributed by atoms with van der Waals surface area (Å²) < 4.78 is 0. The second-order valence-corrected chi connectivity index (χ2v) is 4.24. The van der Waals surface area contributed by atoms with E-state index in [0.717, 1.165) is 12.3 Å². The molecule has 0 saturated carbocycles. The number of hydrogen-bond donors (Lipinski definition) is 1. The Morgan fingerprint density at radius 2 is 1.79 bits per heavy atom. The highest BCUT2D eigenvalue weighted by Crippen LogP contribution is 2.24. The molecule has 78 valence electrons. The van der Waals surface area contributed by atoms with Crippen LogP contribution in [0.4, 0.5) is 5.69 Å². The summed E-state index contributed by atoms with van der Waals surface area (Å²) in [5, 5.41) is 0. The summed E-state index contributed by atoms with van der Waals surface area (Å²) in [5.41, 5.74) is 5.47. The molecule has 0 saturated heterocycles. The second-order valence-electron chi connectivity index (χ2n) is 3.80. The van der Waals surface area contributed by atoms with E-state index in [9.17, 15) is 0 Å². The molecule has 1 rings (SSSR count). The van der Waals surface area contributed by atoms with Gasteiger partial charge in [0.25, 0.3) is 0 Å². The van der Waals surface area contributed by atoms with E-state index in [1.54, 1.807) is 0 Å². The maximum absolute atomic E-state index is 4.25. The molecule has 14 heavy (non-hydrogen) atoms. The summed E-state index contributed by atoms with van der Waals surface area (Å²) in [6.45, 7) is 7.52. The minimum atomic E-state index is 0.892. The van der Waals surface area contributed by atoms with Crippen LogP contribution in [0.2, 0.25) is 0 Å². The van der Waals surface area contributed by atoms with Gasteiger partial charge >= 0.3 is 0 Å². The Hall–Kier alpha value is -0.630. The van der Waals surface area contributed by atoms with Crippen molar-refractivity contribution in [2.24, 2.45) is 0 Å². The maximum Gasteiger partial charge on any atom is 0.0396 e. The zero-order chi connectivity index (χ0) is 10.7. The zero-order valence-electron chi connectivity index (χ0n) is 9.46. The van der Waals surface area contributed by atoms with E-state index in [-0.39, 0.29) is 0 Å². The van der Waals surface area contributed by atoms with Gasteiger partial charge in [-0.15, -0.1) is 0 Å². The first-order valence-corrected chi connectivity index (χ1v) is 5.60. The van der Waals surface area contributed by atoms with Gasteiger partial charge in [0.05, 0.1) is 0 Å². The SMILES string of the molecule is Cc1ccc(N(C)CCS)c(C)c1C. The van der Waals surface area contributed by atoms with Crippen molar-refractivity contribution in [2.75, 3.05) is 24.2 Å². The van der Waals surface area contributed by atoms with Crippen molar-refractivity contribution in [2.45, 2.75) is 20.8 Å². The second kappa shape index (κ2) is 4.74. The summed E-state index contributed by atoms with van der Waals surface area (Å²) in [6.07, 6.45) is 0. The Morgan fingerprint density at radius 3 is 2.36 bits per heavy atom. The Morgan fingerprint density at radius 1 is 1.14 bits per heavy atom. The van der Waals surface area contributed by atoms with E-state index in [1.807, 2.05) is 0 Å². The van der Waals surface area contributed by atoms with E-state index < -0.39 is 0 Å². The van der Waals surface area contributed by atoms with Gasteiger partial charge in [-0.3, -0.25) is 0 Å². The quantitative estimate of drug-likeness (QED) is 0.749. The molecule has 0 heterocycles. The first-order chi connectivity index (χ1) is 6.57. The number of anilines is 1. The summed E-state index contributed by atoms with van der Waals surface area (Å²) in [4.78, 5) is 2.26. The van der Waals surface area contributed by atoms with E-state index in [4.69, 9.17) is 0 Å². The van der Waals surface area contributed by atoms with Gasteiger partial charge in [-0.25, -0.2) is 0 Å². The molecule has 0 radical (unpaired) electrons.